The van der Waals surface area contributed by atoms with Crippen LogP contribution >= 0.6 is 12.4 Å². The second-order valence-corrected chi connectivity index (χ2v) is 5.34. The van der Waals surface area contributed by atoms with Crippen molar-refractivity contribution in [2.24, 2.45) is 23.5 Å². The van der Waals surface area contributed by atoms with Gasteiger partial charge >= 0.3 is 0 Å². The minimum absolute atomic E-state index is 0. The van der Waals surface area contributed by atoms with Crippen molar-refractivity contribution in [3.8, 4) is 0 Å². The molecule has 0 aromatic heterocycles. The number of hydrogen-bond donors (Lipinski definition) is 2. The molecule has 0 aromatic rings. The number of nitrogens with two attached hydrogens (primary N) is 1. The van der Waals surface area contributed by atoms with Gasteiger partial charge in [-0.1, -0.05) is 6.42 Å². The highest BCUT2D eigenvalue weighted by Crippen LogP contribution is 2.49. The summed E-state index contributed by atoms with van der Waals surface area (Å²) in [6.45, 7) is 2.49. The van der Waals surface area contributed by atoms with Gasteiger partial charge in [-0.25, -0.2) is 0 Å². The molecule has 2 aliphatic carbocycles. The van der Waals surface area contributed by atoms with Crippen LogP contribution in [0.1, 0.15) is 39.0 Å². The van der Waals surface area contributed by atoms with Gasteiger partial charge in [-0.3, -0.25) is 4.79 Å². The maximum absolute atomic E-state index is 11.7. The van der Waals surface area contributed by atoms with Gasteiger partial charge in [0.05, 0.1) is 0 Å². The number of carbonyl (C=O) groups is 1. The van der Waals surface area contributed by atoms with Gasteiger partial charge in [-0.05, 0) is 43.9 Å². The van der Waals surface area contributed by atoms with Gasteiger partial charge in [0.1, 0.15) is 0 Å². The molecule has 0 spiro atoms. The van der Waals surface area contributed by atoms with E-state index >= 15 is 0 Å². The van der Waals surface area contributed by atoms with Crippen molar-refractivity contribution < 1.29 is 4.79 Å². The van der Waals surface area contributed by atoms with Crippen LogP contribution in [0.2, 0.25) is 0 Å². The number of halogens is 1. The molecule has 0 saturated heterocycles. The predicted molar refractivity (Wildman–Crippen MR) is 67.5 cm³/mol. The fourth-order valence-corrected chi connectivity index (χ4v) is 3.26. The molecule has 2 bridgehead atoms. The Morgan fingerprint density at radius 3 is 2.69 bits per heavy atom. The van der Waals surface area contributed by atoms with Gasteiger partial charge in [-0.2, -0.15) is 0 Å². The van der Waals surface area contributed by atoms with Gasteiger partial charge in [0.2, 0.25) is 5.91 Å². The summed E-state index contributed by atoms with van der Waals surface area (Å²) in [5.74, 6) is 2.63. The summed E-state index contributed by atoms with van der Waals surface area (Å²) in [4.78, 5) is 11.7. The van der Waals surface area contributed by atoms with Crippen LogP contribution in [0.5, 0.6) is 0 Å². The molecular formula is C12H23ClN2O. The fraction of sp³-hybridized carbons (Fsp3) is 0.917. The molecule has 0 heterocycles. The van der Waals surface area contributed by atoms with E-state index in [-0.39, 0.29) is 24.4 Å². The molecule has 4 heteroatoms. The normalized spacial score (nSPS) is 33.2. The molecule has 2 aliphatic rings. The molecule has 0 radical (unpaired) electrons. The lowest BCUT2D eigenvalue weighted by atomic mass is 9.86. The highest BCUT2D eigenvalue weighted by atomic mass is 35.5. The molecule has 3 unspecified atom stereocenters. The van der Waals surface area contributed by atoms with Crippen molar-refractivity contribution in [1.29, 1.82) is 0 Å². The summed E-state index contributed by atoms with van der Waals surface area (Å²) < 4.78 is 0. The van der Waals surface area contributed by atoms with E-state index in [1.54, 1.807) is 0 Å². The quantitative estimate of drug-likeness (QED) is 0.793. The van der Waals surface area contributed by atoms with Crippen molar-refractivity contribution in [2.45, 2.75) is 45.1 Å². The first-order chi connectivity index (χ1) is 7.19. The molecule has 16 heavy (non-hydrogen) atoms. The summed E-state index contributed by atoms with van der Waals surface area (Å²) in [7, 11) is 0. The third-order valence-electron chi connectivity index (χ3n) is 4.09. The number of nitrogens with one attached hydrogen (secondary N) is 1. The van der Waals surface area contributed by atoms with E-state index in [2.05, 4.69) is 5.32 Å². The number of fused-ring (bicyclic) bond motifs is 2. The maximum Gasteiger partial charge on any atom is 0.220 e. The van der Waals surface area contributed by atoms with Crippen LogP contribution in [0, 0.1) is 17.8 Å². The van der Waals surface area contributed by atoms with Crippen LogP contribution in [0.15, 0.2) is 0 Å². The first-order valence-electron chi connectivity index (χ1n) is 6.18. The average molecular weight is 247 g/mol. The van der Waals surface area contributed by atoms with Crippen molar-refractivity contribution in [3.05, 3.63) is 0 Å². The number of hydrogen-bond acceptors (Lipinski definition) is 2. The zero-order chi connectivity index (χ0) is 10.8. The Labute approximate surface area is 104 Å². The lowest BCUT2D eigenvalue weighted by Crippen LogP contribution is -2.38. The minimum atomic E-state index is 0. The van der Waals surface area contributed by atoms with Crippen LogP contribution < -0.4 is 11.1 Å². The summed E-state index contributed by atoms with van der Waals surface area (Å²) in [6.07, 6.45) is 6.15. The monoisotopic (exact) mass is 246 g/mol. The topological polar surface area (TPSA) is 55.1 Å². The van der Waals surface area contributed by atoms with E-state index in [9.17, 15) is 4.79 Å². The van der Waals surface area contributed by atoms with Crippen molar-refractivity contribution in [1.82, 2.24) is 5.32 Å². The van der Waals surface area contributed by atoms with E-state index in [1.165, 1.54) is 25.7 Å². The Hall–Kier alpha value is -0.280. The lowest BCUT2D eigenvalue weighted by molar-refractivity contribution is -0.122. The molecule has 2 saturated carbocycles. The van der Waals surface area contributed by atoms with Crippen molar-refractivity contribution in [2.75, 3.05) is 6.54 Å². The highest BCUT2D eigenvalue weighted by molar-refractivity contribution is 5.85. The van der Waals surface area contributed by atoms with Gasteiger partial charge in [-0.15, -0.1) is 12.4 Å². The molecule has 4 atom stereocenters. The van der Waals surface area contributed by atoms with E-state index in [1.807, 2.05) is 6.92 Å². The third kappa shape index (κ3) is 3.11. The summed E-state index contributed by atoms with van der Waals surface area (Å²) in [5.41, 5.74) is 5.47. The van der Waals surface area contributed by atoms with Gasteiger partial charge in [0.25, 0.3) is 0 Å². The Bertz CT molecular complexity index is 247. The van der Waals surface area contributed by atoms with E-state index < -0.39 is 0 Å². The molecule has 0 aliphatic heterocycles. The fourth-order valence-electron chi connectivity index (χ4n) is 3.26. The highest BCUT2D eigenvalue weighted by Gasteiger charge is 2.40. The predicted octanol–water partition coefficient (Wildman–Crippen LogP) is 1.70. The Morgan fingerprint density at radius 2 is 2.19 bits per heavy atom. The molecule has 3 N–H and O–H groups in total. The zero-order valence-electron chi connectivity index (χ0n) is 9.95. The molecule has 2 rings (SSSR count). The zero-order valence-corrected chi connectivity index (χ0v) is 10.8. The average Bonchev–Trinajstić information content (AvgIpc) is 2.78. The number of carbonyl (C=O) groups excluding carboxylic acids is 1. The Kier molecular flexibility index (Phi) is 5.06. The van der Waals surface area contributed by atoms with Crippen LogP contribution in [0.4, 0.5) is 0 Å². The van der Waals surface area contributed by atoms with Crippen LogP contribution in [0.25, 0.3) is 0 Å². The first kappa shape index (κ1) is 13.8. The standard InChI is InChI=1S/C12H22N2O.ClH/c1-8(7-13)14-12(15)6-11-5-9-2-3-10(11)4-9;/h8-11H,2-7,13H2,1H3,(H,14,15);1H/t8-,9?,10?,11?;/m0./s1. The lowest BCUT2D eigenvalue weighted by Gasteiger charge is -2.21. The second-order valence-electron chi connectivity index (χ2n) is 5.34. The van der Waals surface area contributed by atoms with E-state index in [0.29, 0.717) is 12.5 Å². The van der Waals surface area contributed by atoms with Gasteiger partial charge < -0.3 is 11.1 Å². The molecule has 1 amide bonds. The SMILES string of the molecule is C[C@@H](CN)NC(=O)CC1CC2CCC1C2.Cl. The van der Waals surface area contributed by atoms with E-state index in [0.717, 1.165) is 18.3 Å². The maximum atomic E-state index is 11.7. The molecule has 2 fully saturated rings. The molecule has 0 aromatic carbocycles. The number of amides is 1. The van der Waals surface area contributed by atoms with E-state index in [4.69, 9.17) is 5.73 Å². The smallest absolute Gasteiger partial charge is 0.220 e. The third-order valence-corrected chi connectivity index (χ3v) is 4.09. The summed E-state index contributed by atoms with van der Waals surface area (Å²) in [5, 5.41) is 2.95. The van der Waals surface area contributed by atoms with Gasteiger partial charge in [0, 0.05) is 19.0 Å². The van der Waals surface area contributed by atoms with Crippen LogP contribution in [-0.2, 0) is 4.79 Å². The summed E-state index contributed by atoms with van der Waals surface area (Å²) in [6, 6.07) is 0.121. The second kappa shape index (κ2) is 5.87. The molecular weight excluding hydrogens is 224 g/mol. The minimum Gasteiger partial charge on any atom is -0.352 e. The van der Waals surface area contributed by atoms with Crippen LogP contribution in [-0.4, -0.2) is 18.5 Å². The molecule has 3 nitrogen and oxygen atoms in total. The van der Waals surface area contributed by atoms with Gasteiger partial charge in [0.15, 0.2) is 0 Å². The van der Waals surface area contributed by atoms with Crippen molar-refractivity contribution in [3.63, 3.8) is 0 Å². The number of rotatable bonds is 4. The summed E-state index contributed by atoms with van der Waals surface area (Å²) >= 11 is 0. The largest absolute Gasteiger partial charge is 0.352 e. The Morgan fingerprint density at radius 1 is 1.44 bits per heavy atom. The molecule has 94 valence electrons. The van der Waals surface area contributed by atoms with Crippen molar-refractivity contribution >= 4 is 18.3 Å². The first-order valence-corrected chi connectivity index (χ1v) is 6.18. The Balaban J connectivity index is 0.00000128. The van der Waals surface area contributed by atoms with Crippen LogP contribution in [0.3, 0.4) is 0 Å².